The number of aromatic amines is 1. The first-order valence-corrected chi connectivity index (χ1v) is 9.67. The van der Waals surface area contributed by atoms with Crippen molar-refractivity contribution in [3.63, 3.8) is 0 Å². The quantitative estimate of drug-likeness (QED) is 0.778. The standard InChI is InChI=1S/C21H22N4O2/c26-20-12-14-3-1-5-19(14)23-25(20)13-17-4-2-10-24(17)21(27)16-6-7-18-15(11-16)8-9-22-18/h6-9,11-12,17,22H,1-5,10,13H2. The summed E-state index contributed by atoms with van der Waals surface area (Å²) in [7, 11) is 0. The van der Waals surface area contributed by atoms with Crippen molar-refractivity contribution in [3.8, 4) is 0 Å². The van der Waals surface area contributed by atoms with E-state index in [1.165, 1.54) is 0 Å². The van der Waals surface area contributed by atoms with Crippen LogP contribution in [0, 0.1) is 0 Å². The number of likely N-dealkylation sites (tertiary alicyclic amines) is 1. The summed E-state index contributed by atoms with van der Waals surface area (Å²) in [6.45, 7) is 1.21. The van der Waals surface area contributed by atoms with Crippen LogP contribution >= 0.6 is 0 Å². The number of hydrogen-bond donors (Lipinski definition) is 1. The van der Waals surface area contributed by atoms with Crippen LogP contribution in [0.3, 0.4) is 0 Å². The van der Waals surface area contributed by atoms with Crippen molar-refractivity contribution in [1.82, 2.24) is 19.7 Å². The molecule has 5 rings (SSSR count). The normalized spacial score (nSPS) is 19.0. The lowest BCUT2D eigenvalue weighted by atomic mass is 10.1. The van der Waals surface area contributed by atoms with E-state index in [-0.39, 0.29) is 17.5 Å². The molecular formula is C21H22N4O2. The second-order valence-electron chi connectivity index (χ2n) is 7.56. The molecule has 138 valence electrons. The lowest BCUT2D eigenvalue weighted by molar-refractivity contribution is 0.0720. The highest BCUT2D eigenvalue weighted by atomic mass is 16.2. The molecule has 2 aromatic heterocycles. The summed E-state index contributed by atoms with van der Waals surface area (Å²) in [5.74, 6) is 0.0369. The lowest BCUT2D eigenvalue weighted by Gasteiger charge is -2.25. The molecule has 1 aliphatic carbocycles. The van der Waals surface area contributed by atoms with Crippen LogP contribution in [-0.2, 0) is 19.4 Å². The van der Waals surface area contributed by atoms with Crippen LogP contribution in [0.5, 0.6) is 0 Å². The van der Waals surface area contributed by atoms with Gasteiger partial charge in [0, 0.05) is 35.3 Å². The van der Waals surface area contributed by atoms with Gasteiger partial charge in [0.25, 0.3) is 11.5 Å². The maximum Gasteiger partial charge on any atom is 0.267 e. The van der Waals surface area contributed by atoms with Gasteiger partial charge < -0.3 is 9.88 Å². The predicted molar refractivity (Wildman–Crippen MR) is 103 cm³/mol. The Balaban J connectivity index is 1.40. The zero-order valence-corrected chi connectivity index (χ0v) is 15.1. The highest BCUT2D eigenvalue weighted by Crippen LogP contribution is 2.23. The third-order valence-electron chi connectivity index (χ3n) is 5.85. The summed E-state index contributed by atoms with van der Waals surface area (Å²) in [5, 5.41) is 5.61. The molecule has 1 amide bonds. The highest BCUT2D eigenvalue weighted by Gasteiger charge is 2.30. The highest BCUT2D eigenvalue weighted by molar-refractivity contribution is 5.98. The zero-order chi connectivity index (χ0) is 18.4. The summed E-state index contributed by atoms with van der Waals surface area (Å²) in [6, 6.07) is 9.47. The van der Waals surface area contributed by atoms with Crippen LogP contribution in [-0.4, -0.2) is 38.2 Å². The Hall–Kier alpha value is -2.89. The molecule has 1 aromatic carbocycles. The minimum absolute atomic E-state index is 0.0177. The van der Waals surface area contributed by atoms with E-state index in [2.05, 4.69) is 10.1 Å². The minimum atomic E-state index is -0.0521. The van der Waals surface area contributed by atoms with E-state index in [0.717, 1.165) is 60.8 Å². The Bertz CT molecular complexity index is 1080. The number of aromatic nitrogens is 3. The van der Waals surface area contributed by atoms with Crippen LogP contribution in [0.2, 0.25) is 0 Å². The van der Waals surface area contributed by atoms with Gasteiger partial charge in [0.2, 0.25) is 0 Å². The van der Waals surface area contributed by atoms with Gasteiger partial charge in [0.15, 0.2) is 0 Å². The van der Waals surface area contributed by atoms with Gasteiger partial charge in [-0.2, -0.15) is 5.10 Å². The fraction of sp³-hybridized carbons (Fsp3) is 0.381. The first-order chi connectivity index (χ1) is 13.2. The van der Waals surface area contributed by atoms with Crippen LogP contribution in [0.25, 0.3) is 10.9 Å². The maximum atomic E-state index is 13.1. The molecule has 0 radical (unpaired) electrons. The molecule has 1 aliphatic heterocycles. The number of benzene rings is 1. The van der Waals surface area contributed by atoms with Gasteiger partial charge in [0.1, 0.15) is 0 Å². The van der Waals surface area contributed by atoms with Gasteiger partial charge >= 0.3 is 0 Å². The molecule has 0 saturated carbocycles. The Morgan fingerprint density at radius 1 is 1.19 bits per heavy atom. The number of nitrogens with one attached hydrogen (secondary N) is 1. The molecule has 1 N–H and O–H groups in total. The van der Waals surface area contributed by atoms with Crippen LogP contribution in [0.15, 0.2) is 41.3 Å². The molecule has 27 heavy (non-hydrogen) atoms. The van der Waals surface area contributed by atoms with Gasteiger partial charge in [-0.3, -0.25) is 9.59 Å². The number of aryl methyl sites for hydroxylation is 2. The molecule has 6 nitrogen and oxygen atoms in total. The van der Waals surface area contributed by atoms with E-state index >= 15 is 0 Å². The molecule has 0 spiro atoms. The van der Waals surface area contributed by atoms with Gasteiger partial charge in [0.05, 0.1) is 18.3 Å². The molecule has 6 heteroatoms. The number of carbonyl (C=O) groups is 1. The number of H-pyrrole nitrogens is 1. The monoisotopic (exact) mass is 362 g/mol. The van der Waals surface area contributed by atoms with Crippen molar-refractivity contribution in [2.75, 3.05) is 6.54 Å². The summed E-state index contributed by atoms with van der Waals surface area (Å²) < 4.78 is 1.57. The van der Waals surface area contributed by atoms with Gasteiger partial charge in [-0.1, -0.05) is 0 Å². The summed E-state index contributed by atoms with van der Waals surface area (Å²) in [4.78, 5) is 30.6. The Morgan fingerprint density at radius 2 is 2.11 bits per heavy atom. The second kappa shape index (κ2) is 6.37. The zero-order valence-electron chi connectivity index (χ0n) is 15.1. The maximum absolute atomic E-state index is 13.1. The first-order valence-electron chi connectivity index (χ1n) is 9.67. The van der Waals surface area contributed by atoms with Gasteiger partial charge in [-0.15, -0.1) is 0 Å². The molecule has 1 fully saturated rings. The number of rotatable bonds is 3. The molecule has 3 aromatic rings. The topological polar surface area (TPSA) is 71.0 Å². The third kappa shape index (κ3) is 2.85. The summed E-state index contributed by atoms with van der Waals surface area (Å²) in [5.41, 5.74) is 3.81. The SMILES string of the molecule is O=C(c1ccc2[nH]ccc2c1)N1CCCC1Cn1nc2c(cc1=O)CCC2. The number of hydrogen-bond acceptors (Lipinski definition) is 3. The lowest BCUT2D eigenvalue weighted by Crippen LogP contribution is -2.40. The molecule has 3 heterocycles. The van der Waals surface area contributed by atoms with E-state index in [4.69, 9.17) is 0 Å². The van der Waals surface area contributed by atoms with E-state index in [9.17, 15) is 9.59 Å². The number of nitrogens with zero attached hydrogens (tertiary/aromatic N) is 3. The van der Waals surface area contributed by atoms with Gasteiger partial charge in [-0.25, -0.2) is 4.68 Å². The Labute approximate surface area is 156 Å². The molecular weight excluding hydrogens is 340 g/mol. The third-order valence-corrected chi connectivity index (χ3v) is 5.85. The molecule has 1 atom stereocenters. The molecule has 0 bridgehead atoms. The van der Waals surface area contributed by atoms with E-state index in [0.29, 0.717) is 12.1 Å². The van der Waals surface area contributed by atoms with Gasteiger partial charge in [-0.05, 0) is 61.9 Å². The van der Waals surface area contributed by atoms with Crippen molar-refractivity contribution < 1.29 is 4.79 Å². The average Bonchev–Trinajstić information content (AvgIpc) is 3.41. The van der Waals surface area contributed by atoms with Crippen molar-refractivity contribution in [1.29, 1.82) is 0 Å². The van der Waals surface area contributed by atoms with E-state index < -0.39 is 0 Å². The minimum Gasteiger partial charge on any atom is -0.361 e. The summed E-state index contributed by atoms with van der Waals surface area (Å²) in [6.07, 6.45) is 6.71. The predicted octanol–water partition coefficient (Wildman–Crippen LogP) is 2.52. The molecule has 2 aliphatic rings. The van der Waals surface area contributed by atoms with Crippen LogP contribution in [0.4, 0.5) is 0 Å². The van der Waals surface area contributed by atoms with Crippen LogP contribution < -0.4 is 5.56 Å². The number of carbonyl (C=O) groups excluding carboxylic acids is 1. The van der Waals surface area contributed by atoms with Crippen molar-refractivity contribution >= 4 is 16.8 Å². The van der Waals surface area contributed by atoms with Crippen LogP contribution in [0.1, 0.15) is 40.9 Å². The number of amides is 1. The molecule has 1 unspecified atom stereocenters. The largest absolute Gasteiger partial charge is 0.361 e. The number of fused-ring (bicyclic) bond motifs is 2. The smallest absolute Gasteiger partial charge is 0.267 e. The Kier molecular flexibility index (Phi) is 3.85. The first kappa shape index (κ1) is 16.3. The van der Waals surface area contributed by atoms with Crippen molar-refractivity contribution in [2.45, 2.75) is 44.7 Å². The van der Waals surface area contributed by atoms with Crippen molar-refractivity contribution in [2.24, 2.45) is 0 Å². The fourth-order valence-corrected chi connectivity index (χ4v) is 4.41. The second-order valence-corrected chi connectivity index (χ2v) is 7.56. The van der Waals surface area contributed by atoms with E-state index in [1.54, 1.807) is 10.7 Å². The van der Waals surface area contributed by atoms with E-state index in [1.807, 2.05) is 35.4 Å². The summed E-state index contributed by atoms with van der Waals surface area (Å²) >= 11 is 0. The van der Waals surface area contributed by atoms with Crippen molar-refractivity contribution in [3.05, 3.63) is 63.7 Å². The molecule has 1 saturated heterocycles. The average molecular weight is 362 g/mol. The Morgan fingerprint density at radius 3 is 3.04 bits per heavy atom. The fourth-order valence-electron chi connectivity index (χ4n) is 4.41.